The molecule has 0 aliphatic heterocycles. The van der Waals surface area contributed by atoms with E-state index in [1.165, 1.54) is 128 Å². The third-order valence-corrected chi connectivity index (χ3v) is 13.5. The Kier molecular flexibility index (Phi) is 6.42. The molecular formula is C54H45N. The maximum atomic E-state index is 2.59. The zero-order chi connectivity index (χ0) is 37.7. The molecule has 0 N–H and O–H groups in total. The van der Waals surface area contributed by atoms with Gasteiger partial charge in [-0.25, -0.2) is 0 Å². The maximum absolute atomic E-state index is 2.59. The fourth-order valence-electron chi connectivity index (χ4n) is 10.8. The molecule has 0 spiro atoms. The van der Waals surface area contributed by atoms with Gasteiger partial charge in [0.05, 0.1) is 5.69 Å². The summed E-state index contributed by atoms with van der Waals surface area (Å²) in [5, 5.41) is 5.38. The number of nitrogens with zero attached hydrogens (tertiary/aromatic N) is 1. The number of aryl methyl sites for hydroxylation is 4. The van der Waals surface area contributed by atoms with Gasteiger partial charge in [-0.05, 0) is 158 Å². The first kappa shape index (κ1) is 32.5. The van der Waals surface area contributed by atoms with Gasteiger partial charge in [0.1, 0.15) is 0 Å². The number of fused-ring (bicyclic) bond motifs is 12. The maximum Gasteiger partial charge on any atom is 0.0543 e. The molecule has 1 nitrogen and oxygen atoms in total. The van der Waals surface area contributed by atoms with Gasteiger partial charge in [0.25, 0.3) is 0 Å². The van der Waals surface area contributed by atoms with E-state index in [-0.39, 0.29) is 10.8 Å². The number of rotatable bonds is 3. The van der Waals surface area contributed by atoms with Gasteiger partial charge in [0.15, 0.2) is 0 Å². The third kappa shape index (κ3) is 4.19. The van der Waals surface area contributed by atoms with Crippen LogP contribution in [0.5, 0.6) is 0 Å². The highest BCUT2D eigenvalue weighted by Crippen LogP contribution is 2.61. The van der Waals surface area contributed by atoms with Gasteiger partial charge in [-0.15, -0.1) is 0 Å². The highest BCUT2D eigenvalue weighted by molar-refractivity contribution is 6.21. The number of hydrogen-bond donors (Lipinski definition) is 0. The summed E-state index contributed by atoms with van der Waals surface area (Å²) in [5.74, 6) is 0. The Morgan fingerprint density at radius 3 is 1.44 bits per heavy atom. The van der Waals surface area contributed by atoms with Crippen molar-refractivity contribution >= 4 is 38.6 Å². The minimum absolute atomic E-state index is 0.150. The van der Waals surface area contributed by atoms with Crippen LogP contribution >= 0.6 is 0 Å². The quantitative estimate of drug-likeness (QED) is 0.177. The van der Waals surface area contributed by atoms with E-state index in [4.69, 9.17) is 0 Å². The zero-order valence-electron chi connectivity index (χ0n) is 33.1. The first-order chi connectivity index (χ1) is 26.4. The number of benzene rings is 8. The summed E-state index contributed by atoms with van der Waals surface area (Å²) in [6, 6.07) is 49.1. The molecule has 0 saturated carbocycles. The number of anilines is 3. The molecule has 3 aliphatic carbocycles. The van der Waals surface area contributed by atoms with E-state index < -0.39 is 0 Å². The average molecular weight is 708 g/mol. The van der Waals surface area contributed by atoms with Crippen molar-refractivity contribution in [1.29, 1.82) is 0 Å². The second kappa shape index (κ2) is 10.9. The molecule has 0 atom stereocenters. The Morgan fingerprint density at radius 2 is 0.836 bits per heavy atom. The molecule has 0 radical (unpaired) electrons. The SMILES string of the molecule is Cc1ccc(N(c2ccc(C)cc2C)c2cc3c(c4ccccc24)-c2cc4c(cc2C3(C)C)-c2c(cc3c5c(cccc25)-c2ccccc2-3)C4(C)C)c(C)c1. The van der Waals surface area contributed by atoms with Gasteiger partial charge in [-0.2, -0.15) is 0 Å². The van der Waals surface area contributed by atoms with Crippen molar-refractivity contribution < 1.29 is 0 Å². The van der Waals surface area contributed by atoms with Gasteiger partial charge in [-0.1, -0.05) is 130 Å². The molecule has 0 fully saturated rings. The second-order valence-electron chi connectivity index (χ2n) is 17.6. The van der Waals surface area contributed by atoms with E-state index in [0.29, 0.717) is 0 Å². The van der Waals surface area contributed by atoms with Crippen molar-refractivity contribution in [3.63, 3.8) is 0 Å². The fraction of sp³-hybridized carbons (Fsp3) is 0.185. The normalized spacial score (nSPS) is 14.8. The van der Waals surface area contributed by atoms with Crippen molar-refractivity contribution in [2.75, 3.05) is 4.90 Å². The summed E-state index contributed by atoms with van der Waals surface area (Å²) in [7, 11) is 0. The first-order valence-electron chi connectivity index (χ1n) is 19.9. The van der Waals surface area contributed by atoms with Crippen LogP contribution in [0.15, 0.2) is 127 Å². The van der Waals surface area contributed by atoms with E-state index in [1.54, 1.807) is 0 Å². The summed E-state index contributed by atoms with van der Waals surface area (Å²) in [5.41, 5.74) is 25.2. The zero-order valence-corrected chi connectivity index (χ0v) is 33.1. The van der Waals surface area contributed by atoms with E-state index in [2.05, 4.69) is 188 Å². The van der Waals surface area contributed by atoms with Crippen LogP contribution in [-0.2, 0) is 10.8 Å². The first-order valence-corrected chi connectivity index (χ1v) is 19.9. The van der Waals surface area contributed by atoms with Crippen molar-refractivity contribution in [1.82, 2.24) is 0 Å². The predicted molar refractivity (Wildman–Crippen MR) is 235 cm³/mol. The second-order valence-corrected chi connectivity index (χ2v) is 17.6. The van der Waals surface area contributed by atoms with Crippen LogP contribution in [0.2, 0.25) is 0 Å². The lowest BCUT2D eigenvalue weighted by Crippen LogP contribution is -2.18. The standard InChI is InChI=1S/C54H45N/c1-30-20-22-47(32(3)24-30)55(48-23-21-31(2)25-33(48)4)49-29-46-51(38-17-12-11-16-36(38)49)41-27-44-42(28-43(41)54(46,7)8)52-39-19-13-18-37-34-14-9-10-15-35(34)40(50(37)39)26-45(52)53(44,5)6/h9-29H,1-8H3. The lowest BCUT2D eigenvalue weighted by atomic mass is 9.79. The van der Waals surface area contributed by atoms with Gasteiger partial charge in [-0.3, -0.25) is 0 Å². The fourth-order valence-corrected chi connectivity index (χ4v) is 10.8. The van der Waals surface area contributed by atoms with Crippen LogP contribution in [0.3, 0.4) is 0 Å². The van der Waals surface area contributed by atoms with Crippen LogP contribution < -0.4 is 4.90 Å². The number of hydrogen-bond acceptors (Lipinski definition) is 1. The van der Waals surface area contributed by atoms with Crippen LogP contribution in [0, 0.1) is 27.7 Å². The lowest BCUT2D eigenvalue weighted by molar-refractivity contribution is 0.652. The van der Waals surface area contributed by atoms with E-state index >= 15 is 0 Å². The van der Waals surface area contributed by atoms with Gasteiger partial charge >= 0.3 is 0 Å². The molecule has 0 unspecified atom stereocenters. The Hall–Kier alpha value is -5.92. The Morgan fingerprint density at radius 1 is 0.364 bits per heavy atom. The third-order valence-electron chi connectivity index (χ3n) is 13.5. The van der Waals surface area contributed by atoms with Gasteiger partial charge in [0, 0.05) is 27.6 Å². The van der Waals surface area contributed by atoms with Crippen molar-refractivity contribution in [3.8, 4) is 44.5 Å². The van der Waals surface area contributed by atoms with Gasteiger partial charge in [0.2, 0.25) is 0 Å². The topological polar surface area (TPSA) is 3.24 Å². The Labute approximate surface area is 324 Å². The van der Waals surface area contributed by atoms with E-state index in [0.717, 1.165) is 0 Å². The molecule has 8 aromatic rings. The Balaban J connectivity index is 1.18. The van der Waals surface area contributed by atoms with Gasteiger partial charge < -0.3 is 4.90 Å². The molecule has 0 aromatic heterocycles. The molecule has 11 rings (SSSR count). The molecule has 0 bridgehead atoms. The van der Waals surface area contributed by atoms with Crippen molar-refractivity contribution in [2.45, 2.75) is 66.2 Å². The summed E-state index contributed by atoms with van der Waals surface area (Å²) in [6.45, 7) is 18.7. The molecule has 266 valence electrons. The highest BCUT2D eigenvalue weighted by atomic mass is 15.1. The predicted octanol–water partition coefficient (Wildman–Crippen LogP) is 15.0. The summed E-state index contributed by atoms with van der Waals surface area (Å²) in [4.78, 5) is 2.53. The molecule has 0 saturated heterocycles. The summed E-state index contributed by atoms with van der Waals surface area (Å²) in [6.07, 6.45) is 0. The van der Waals surface area contributed by atoms with E-state index in [1.807, 2.05) is 0 Å². The van der Waals surface area contributed by atoms with Crippen LogP contribution in [0.25, 0.3) is 66.1 Å². The van der Waals surface area contributed by atoms with Crippen LogP contribution in [-0.4, -0.2) is 0 Å². The van der Waals surface area contributed by atoms with Crippen LogP contribution in [0.4, 0.5) is 17.1 Å². The molecule has 3 aliphatic rings. The molecule has 55 heavy (non-hydrogen) atoms. The molecule has 0 heterocycles. The van der Waals surface area contributed by atoms with Crippen LogP contribution in [0.1, 0.15) is 72.2 Å². The lowest BCUT2D eigenvalue weighted by Gasteiger charge is -2.32. The largest absolute Gasteiger partial charge is 0.309 e. The van der Waals surface area contributed by atoms with Crippen molar-refractivity contribution in [2.24, 2.45) is 0 Å². The molecule has 1 heteroatoms. The molecule has 0 amide bonds. The average Bonchev–Trinajstić information content (AvgIpc) is 3.70. The monoisotopic (exact) mass is 707 g/mol. The minimum Gasteiger partial charge on any atom is -0.309 e. The Bertz CT molecular complexity index is 2970. The van der Waals surface area contributed by atoms with E-state index in [9.17, 15) is 0 Å². The van der Waals surface area contributed by atoms with Crippen molar-refractivity contribution in [3.05, 3.63) is 172 Å². The minimum atomic E-state index is -0.215. The summed E-state index contributed by atoms with van der Waals surface area (Å²) < 4.78 is 0. The molecular weight excluding hydrogens is 663 g/mol. The summed E-state index contributed by atoms with van der Waals surface area (Å²) >= 11 is 0. The smallest absolute Gasteiger partial charge is 0.0543 e. The highest BCUT2D eigenvalue weighted by Gasteiger charge is 2.44. The molecule has 8 aromatic carbocycles.